The van der Waals surface area contributed by atoms with Crippen LogP contribution in [0.5, 0.6) is 0 Å². The topological polar surface area (TPSA) is 64.9 Å². The van der Waals surface area contributed by atoms with E-state index in [1.54, 1.807) is 11.3 Å². The molecule has 5 heteroatoms. The Bertz CT molecular complexity index is 470. The van der Waals surface area contributed by atoms with Gasteiger partial charge in [0.05, 0.1) is 10.9 Å². The Labute approximate surface area is 98.5 Å². The minimum atomic E-state index is -0.139. The molecule has 0 spiro atoms. The molecule has 0 aliphatic rings. The van der Waals surface area contributed by atoms with Gasteiger partial charge in [-0.2, -0.15) is 4.98 Å². The minimum Gasteiger partial charge on any atom is -0.333 e. The zero-order valence-electron chi connectivity index (χ0n) is 9.65. The minimum absolute atomic E-state index is 0.139. The van der Waals surface area contributed by atoms with Gasteiger partial charge in [-0.3, -0.25) is 0 Å². The molecule has 0 saturated heterocycles. The van der Waals surface area contributed by atoms with Gasteiger partial charge in [-0.25, -0.2) is 0 Å². The van der Waals surface area contributed by atoms with Crippen LogP contribution in [0.2, 0.25) is 0 Å². The van der Waals surface area contributed by atoms with Crippen molar-refractivity contribution in [2.45, 2.75) is 33.2 Å². The van der Waals surface area contributed by atoms with E-state index in [1.807, 2.05) is 6.92 Å². The predicted molar refractivity (Wildman–Crippen MR) is 64.3 cm³/mol. The van der Waals surface area contributed by atoms with E-state index in [0.717, 1.165) is 11.3 Å². The van der Waals surface area contributed by atoms with Crippen molar-refractivity contribution >= 4 is 11.3 Å². The number of hydrogen-bond donors (Lipinski definition) is 1. The van der Waals surface area contributed by atoms with Crippen LogP contribution in [0.15, 0.2) is 10.6 Å². The Morgan fingerprint density at radius 2 is 2.25 bits per heavy atom. The molecule has 0 aliphatic carbocycles. The molecule has 0 saturated carbocycles. The fourth-order valence-corrected chi connectivity index (χ4v) is 2.30. The highest BCUT2D eigenvalue weighted by atomic mass is 32.1. The van der Waals surface area contributed by atoms with Crippen LogP contribution in [0.3, 0.4) is 0 Å². The molecule has 0 amide bonds. The zero-order valence-corrected chi connectivity index (χ0v) is 10.5. The summed E-state index contributed by atoms with van der Waals surface area (Å²) in [6.45, 7) is 6.16. The highest BCUT2D eigenvalue weighted by Crippen LogP contribution is 2.29. The molecule has 4 nitrogen and oxygen atoms in total. The van der Waals surface area contributed by atoms with Crippen molar-refractivity contribution in [1.29, 1.82) is 0 Å². The van der Waals surface area contributed by atoms with Gasteiger partial charge in [0.1, 0.15) is 0 Å². The van der Waals surface area contributed by atoms with Crippen LogP contribution in [0, 0.1) is 13.8 Å². The largest absolute Gasteiger partial charge is 0.333 e. The Morgan fingerprint density at radius 3 is 2.81 bits per heavy atom. The molecule has 1 unspecified atom stereocenters. The van der Waals surface area contributed by atoms with Crippen molar-refractivity contribution in [1.82, 2.24) is 10.1 Å². The van der Waals surface area contributed by atoms with Crippen LogP contribution in [-0.4, -0.2) is 10.1 Å². The first kappa shape index (κ1) is 11.3. The van der Waals surface area contributed by atoms with Crippen LogP contribution in [0.4, 0.5) is 0 Å². The average Bonchev–Trinajstić information content (AvgIpc) is 2.86. The summed E-state index contributed by atoms with van der Waals surface area (Å²) in [5.41, 5.74) is 7.09. The monoisotopic (exact) mass is 237 g/mol. The second kappa shape index (κ2) is 4.35. The Hall–Kier alpha value is -1.20. The van der Waals surface area contributed by atoms with E-state index >= 15 is 0 Å². The molecule has 0 aromatic carbocycles. The normalized spacial score (nSPS) is 13.0. The number of hydrogen-bond acceptors (Lipinski definition) is 5. The standard InChI is InChI=1S/C11H15N3OS/c1-4-8(12)10-13-11(15-14-10)9-5-6(2)7(3)16-9/h5,8H,4,12H2,1-3H3. The molecule has 86 valence electrons. The number of nitrogens with zero attached hydrogens (tertiary/aromatic N) is 2. The number of thiophene rings is 1. The summed E-state index contributed by atoms with van der Waals surface area (Å²) in [5, 5.41) is 3.90. The summed E-state index contributed by atoms with van der Waals surface area (Å²) < 4.78 is 5.21. The fraction of sp³-hybridized carbons (Fsp3) is 0.455. The van der Waals surface area contributed by atoms with Crippen LogP contribution in [0.1, 0.15) is 35.7 Å². The van der Waals surface area contributed by atoms with Crippen molar-refractivity contribution in [3.63, 3.8) is 0 Å². The number of rotatable bonds is 3. The summed E-state index contributed by atoms with van der Waals surface area (Å²) in [6.07, 6.45) is 0.807. The summed E-state index contributed by atoms with van der Waals surface area (Å²) in [6, 6.07) is 1.93. The maximum Gasteiger partial charge on any atom is 0.268 e. The fourth-order valence-electron chi connectivity index (χ4n) is 1.35. The summed E-state index contributed by atoms with van der Waals surface area (Å²) in [7, 11) is 0. The summed E-state index contributed by atoms with van der Waals surface area (Å²) in [4.78, 5) is 6.60. The van der Waals surface area contributed by atoms with Crippen LogP contribution in [0.25, 0.3) is 10.8 Å². The van der Waals surface area contributed by atoms with Crippen LogP contribution < -0.4 is 5.73 Å². The van der Waals surface area contributed by atoms with Crippen molar-refractivity contribution < 1.29 is 4.52 Å². The average molecular weight is 237 g/mol. The van der Waals surface area contributed by atoms with Gasteiger partial charge < -0.3 is 10.3 Å². The zero-order chi connectivity index (χ0) is 11.7. The van der Waals surface area contributed by atoms with Gasteiger partial charge in [0.25, 0.3) is 5.89 Å². The lowest BCUT2D eigenvalue weighted by atomic mass is 10.2. The molecule has 2 heterocycles. The van der Waals surface area contributed by atoms with E-state index < -0.39 is 0 Å². The highest BCUT2D eigenvalue weighted by molar-refractivity contribution is 7.15. The van der Waals surface area contributed by atoms with E-state index in [9.17, 15) is 0 Å². The SMILES string of the molecule is CCC(N)c1noc(-c2cc(C)c(C)s2)n1. The van der Waals surface area contributed by atoms with Crippen LogP contribution in [-0.2, 0) is 0 Å². The van der Waals surface area contributed by atoms with Gasteiger partial charge in [-0.1, -0.05) is 12.1 Å². The maximum absolute atomic E-state index is 5.84. The van der Waals surface area contributed by atoms with Gasteiger partial charge in [0.2, 0.25) is 0 Å². The first-order valence-electron chi connectivity index (χ1n) is 5.28. The first-order valence-corrected chi connectivity index (χ1v) is 6.10. The highest BCUT2D eigenvalue weighted by Gasteiger charge is 2.15. The van der Waals surface area contributed by atoms with Crippen LogP contribution >= 0.6 is 11.3 Å². The Morgan fingerprint density at radius 1 is 1.50 bits per heavy atom. The van der Waals surface area contributed by atoms with Gasteiger partial charge in [-0.05, 0) is 31.9 Å². The van der Waals surface area contributed by atoms with E-state index in [4.69, 9.17) is 10.3 Å². The second-order valence-electron chi connectivity index (χ2n) is 3.82. The van der Waals surface area contributed by atoms with Crippen molar-refractivity contribution in [3.05, 3.63) is 22.3 Å². The molecule has 0 aliphatic heterocycles. The molecular formula is C11H15N3OS. The number of aryl methyl sites for hydroxylation is 2. The van der Waals surface area contributed by atoms with Gasteiger partial charge >= 0.3 is 0 Å². The van der Waals surface area contributed by atoms with Crippen molar-refractivity contribution in [3.8, 4) is 10.8 Å². The molecule has 16 heavy (non-hydrogen) atoms. The number of nitrogens with two attached hydrogens (primary N) is 1. The van der Waals surface area contributed by atoms with E-state index in [1.165, 1.54) is 10.4 Å². The van der Waals surface area contributed by atoms with Crippen molar-refractivity contribution in [2.24, 2.45) is 5.73 Å². The Kier molecular flexibility index (Phi) is 3.07. The van der Waals surface area contributed by atoms with Crippen molar-refractivity contribution in [2.75, 3.05) is 0 Å². The number of aromatic nitrogens is 2. The van der Waals surface area contributed by atoms with E-state index in [0.29, 0.717) is 11.7 Å². The second-order valence-corrected chi connectivity index (χ2v) is 5.08. The molecule has 2 aromatic rings. The summed E-state index contributed by atoms with van der Waals surface area (Å²) >= 11 is 1.66. The lowest BCUT2D eigenvalue weighted by Crippen LogP contribution is -2.10. The third-order valence-corrected chi connectivity index (χ3v) is 3.73. The van der Waals surface area contributed by atoms with Gasteiger partial charge in [-0.15, -0.1) is 11.3 Å². The predicted octanol–water partition coefficient (Wildman–Crippen LogP) is 2.82. The molecule has 2 N–H and O–H groups in total. The molecule has 0 bridgehead atoms. The first-order chi connectivity index (χ1) is 7.61. The third-order valence-electron chi connectivity index (χ3n) is 2.59. The van der Waals surface area contributed by atoms with Gasteiger partial charge in [0, 0.05) is 4.88 Å². The maximum atomic E-state index is 5.84. The third kappa shape index (κ3) is 2.01. The van der Waals surface area contributed by atoms with E-state index in [-0.39, 0.29) is 6.04 Å². The molecule has 0 radical (unpaired) electrons. The molecule has 2 rings (SSSR count). The molecule has 0 fully saturated rings. The Balaban J connectivity index is 2.31. The smallest absolute Gasteiger partial charge is 0.268 e. The molecule has 1 atom stereocenters. The summed E-state index contributed by atoms with van der Waals surface area (Å²) in [5.74, 6) is 1.15. The molecule has 2 aromatic heterocycles. The van der Waals surface area contributed by atoms with Gasteiger partial charge in [0.15, 0.2) is 5.82 Å². The molecular weight excluding hydrogens is 222 g/mol. The van der Waals surface area contributed by atoms with E-state index in [2.05, 4.69) is 30.1 Å². The lowest BCUT2D eigenvalue weighted by molar-refractivity contribution is 0.416. The quantitative estimate of drug-likeness (QED) is 0.891. The lowest BCUT2D eigenvalue weighted by Gasteiger charge is -1.98.